The van der Waals surface area contributed by atoms with Gasteiger partial charge in [-0.3, -0.25) is 4.40 Å². The van der Waals surface area contributed by atoms with Crippen LogP contribution < -0.4 is 0 Å². The first-order valence-electron chi connectivity index (χ1n) is 5.07. The predicted molar refractivity (Wildman–Crippen MR) is 57.8 cm³/mol. The predicted octanol–water partition coefficient (Wildman–Crippen LogP) is 1.69. The van der Waals surface area contributed by atoms with Crippen molar-refractivity contribution in [3.05, 3.63) is 29.7 Å². The maximum atomic E-state index is 11.0. The first-order valence-corrected chi connectivity index (χ1v) is 5.07. The van der Waals surface area contributed by atoms with Crippen molar-refractivity contribution in [3.8, 4) is 5.88 Å². The molecule has 0 fully saturated rings. The van der Waals surface area contributed by atoms with Gasteiger partial charge in [0, 0.05) is 6.42 Å². The second kappa shape index (κ2) is 3.84. The number of fused-ring (bicyclic) bond motifs is 1. The molecule has 2 aromatic rings. The summed E-state index contributed by atoms with van der Waals surface area (Å²) in [5, 5.41) is 18.7. The summed E-state index contributed by atoms with van der Waals surface area (Å²) in [5.41, 5.74) is 0.412. The molecular weight excluding hydrogens is 208 g/mol. The van der Waals surface area contributed by atoms with Crippen LogP contribution in [0.4, 0.5) is 0 Å². The Hall–Kier alpha value is -2.04. The van der Waals surface area contributed by atoms with Crippen LogP contribution in [0.5, 0.6) is 5.88 Å². The van der Waals surface area contributed by atoms with Gasteiger partial charge in [0.25, 0.3) is 0 Å². The number of carbonyl (C=O) groups is 1. The molecule has 0 aliphatic carbocycles. The Labute approximate surface area is 92.0 Å². The Morgan fingerprint density at radius 2 is 2.25 bits per heavy atom. The number of aryl methyl sites for hydroxylation is 1. The van der Waals surface area contributed by atoms with Gasteiger partial charge < -0.3 is 10.2 Å². The molecule has 0 radical (unpaired) electrons. The smallest absolute Gasteiger partial charge is 0.356 e. The SMILES string of the molecule is CCCc1nc(C(=O)O)c2cccc(O)n12. The summed E-state index contributed by atoms with van der Waals surface area (Å²) in [7, 11) is 0. The van der Waals surface area contributed by atoms with Gasteiger partial charge in [0.1, 0.15) is 5.82 Å². The van der Waals surface area contributed by atoms with E-state index >= 15 is 0 Å². The zero-order chi connectivity index (χ0) is 11.7. The standard InChI is InChI=1S/C11H12N2O3/c1-2-4-8-12-10(11(15)16)7-5-3-6-9(14)13(7)8/h3,5-6,14H,2,4H2,1H3,(H,15,16). The molecule has 2 aromatic heterocycles. The third-order valence-corrected chi connectivity index (χ3v) is 2.39. The van der Waals surface area contributed by atoms with Crippen LogP contribution in [-0.2, 0) is 6.42 Å². The van der Waals surface area contributed by atoms with Crippen molar-refractivity contribution < 1.29 is 15.0 Å². The van der Waals surface area contributed by atoms with Crippen molar-refractivity contribution in [2.75, 3.05) is 0 Å². The number of hydrogen-bond acceptors (Lipinski definition) is 3. The third-order valence-electron chi connectivity index (χ3n) is 2.39. The first-order chi connectivity index (χ1) is 7.65. The van der Waals surface area contributed by atoms with Crippen LogP contribution in [0.25, 0.3) is 5.52 Å². The van der Waals surface area contributed by atoms with E-state index in [2.05, 4.69) is 4.98 Å². The lowest BCUT2D eigenvalue weighted by Crippen LogP contribution is -1.97. The zero-order valence-electron chi connectivity index (χ0n) is 8.84. The molecule has 5 heteroatoms. The van der Waals surface area contributed by atoms with E-state index in [9.17, 15) is 9.90 Å². The van der Waals surface area contributed by atoms with E-state index in [1.165, 1.54) is 10.5 Å². The molecule has 84 valence electrons. The highest BCUT2D eigenvalue weighted by Crippen LogP contribution is 2.20. The largest absolute Gasteiger partial charge is 0.494 e. The van der Waals surface area contributed by atoms with Crippen molar-refractivity contribution in [3.63, 3.8) is 0 Å². The average molecular weight is 220 g/mol. The van der Waals surface area contributed by atoms with Crippen LogP contribution in [-0.4, -0.2) is 25.6 Å². The van der Waals surface area contributed by atoms with Crippen LogP contribution in [0.1, 0.15) is 29.7 Å². The number of carboxylic acid groups (broad SMARTS) is 1. The molecule has 0 aliphatic rings. The molecule has 0 atom stereocenters. The summed E-state index contributed by atoms with van der Waals surface area (Å²) in [6.07, 6.45) is 1.47. The van der Waals surface area contributed by atoms with E-state index < -0.39 is 5.97 Å². The van der Waals surface area contributed by atoms with Crippen LogP contribution in [0, 0.1) is 0 Å². The summed E-state index contributed by atoms with van der Waals surface area (Å²) in [6.45, 7) is 1.97. The van der Waals surface area contributed by atoms with Crippen molar-refractivity contribution >= 4 is 11.5 Å². The van der Waals surface area contributed by atoms with Crippen LogP contribution in [0.3, 0.4) is 0 Å². The topological polar surface area (TPSA) is 74.8 Å². The molecule has 0 saturated carbocycles. The van der Waals surface area contributed by atoms with Crippen LogP contribution >= 0.6 is 0 Å². The van der Waals surface area contributed by atoms with Crippen LogP contribution in [0.15, 0.2) is 18.2 Å². The number of aromatic carboxylic acids is 1. The zero-order valence-corrected chi connectivity index (χ0v) is 8.84. The summed E-state index contributed by atoms with van der Waals surface area (Å²) in [5.74, 6) is -0.487. The Balaban J connectivity index is 2.76. The monoisotopic (exact) mass is 220 g/mol. The summed E-state index contributed by atoms with van der Waals surface area (Å²) in [6, 6.07) is 4.75. The minimum atomic E-state index is -1.08. The number of aromatic nitrogens is 2. The van der Waals surface area contributed by atoms with Gasteiger partial charge in [-0.2, -0.15) is 0 Å². The van der Waals surface area contributed by atoms with Crippen molar-refractivity contribution in [2.45, 2.75) is 19.8 Å². The van der Waals surface area contributed by atoms with Crippen molar-refractivity contribution in [1.29, 1.82) is 0 Å². The average Bonchev–Trinajstić information content (AvgIpc) is 2.59. The fraction of sp³-hybridized carbons (Fsp3) is 0.273. The number of imidazole rings is 1. The number of aromatic hydroxyl groups is 1. The minimum absolute atomic E-state index is 0.0145. The molecule has 0 aliphatic heterocycles. The van der Waals surface area contributed by atoms with Crippen LogP contribution in [0.2, 0.25) is 0 Å². The van der Waals surface area contributed by atoms with E-state index in [0.29, 0.717) is 17.8 Å². The molecule has 0 spiro atoms. The Morgan fingerprint density at radius 1 is 1.50 bits per heavy atom. The molecule has 0 amide bonds. The normalized spacial score (nSPS) is 10.8. The number of rotatable bonds is 3. The van der Waals surface area contributed by atoms with E-state index in [-0.39, 0.29) is 11.6 Å². The molecule has 2 rings (SSSR count). The van der Waals surface area contributed by atoms with E-state index in [4.69, 9.17) is 5.11 Å². The first kappa shape index (κ1) is 10.5. The van der Waals surface area contributed by atoms with Crippen molar-refractivity contribution in [1.82, 2.24) is 9.38 Å². The maximum Gasteiger partial charge on any atom is 0.356 e. The molecule has 2 heterocycles. The molecule has 0 aromatic carbocycles. The molecule has 0 unspecified atom stereocenters. The van der Waals surface area contributed by atoms with Gasteiger partial charge in [-0.1, -0.05) is 13.0 Å². The highest BCUT2D eigenvalue weighted by Gasteiger charge is 2.17. The van der Waals surface area contributed by atoms with Crippen molar-refractivity contribution in [2.24, 2.45) is 0 Å². The van der Waals surface area contributed by atoms with Gasteiger partial charge >= 0.3 is 5.97 Å². The van der Waals surface area contributed by atoms with Gasteiger partial charge in [-0.05, 0) is 18.6 Å². The Bertz CT molecular complexity index is 545. The highest BCUT2D eigenvalue weighted by molar-refractivity contribution is 5.93. The lowest BCUT2D eigenvalue weighted by Gasteiger charge is -2.01. The fourth-order valence-electron chi connectivity index (χ4n) is 1.74. The second-order valence-electron chi connectivity index (χ2n) is 3.54. The molecule has 0 saturated heterocycles. The quantitative estimate of drug-likeness (QED) is 0.825. The van der Waals surface area contributed by atoms with E-state index in [1.807, 2.05) is 6.92 Å². The number of carboxylic acids is 1. The molecule has 5 nitrogen and oxygen atoms in total. The minimum Gasteiger partial charge on any atom is -0.494 e. The van der Waals surface area contributed by atoms with E-state index in [0.717, 1.165) is 6.42 Å². The van der Waals surface area contributed by atoms with E-state index in [1.54, 1.807) is 12.1 Å². The highest BCUT2D eigenvalue weighted by atomic mass is 16.4. The summed E-state index contributed by atoms with van der Waals surface area (Å²) < 4.78 is 1.48. The fourth-order valence-corrected chi connectivity index (χ4v) is 1.74. The van der Waals surface area contributed by atoms with Gasteiger partial charge in [-0.25, -0.2) is 9.78 Å². The van der Waals surface area contributed by atoms with Gasteiger partial charge in [-0.15, -0.1) is 0 Å². The van der Waals surface area contributed by atoms with Gasteiger partial charge in [0.05, 0.1) is 5.52 Å². The number of hydrogen-bond donors (Lipinski definition) is 2. The lowest BCUT2D eigenvalue weighted by molar-refractivity contribution is 0.0693. The summed E-state index contributed by atoms with van der Waals surface area (Å²) >= 11 is 0. The summed E-state index contributed by atoms with van der Waals surface area (Å²) in [4.78, 5) is 15.0. The number of nitrogens with zero attached hydrogens (tertiary/aromatic N) is 2. The molecular formula is C11H12N2O3. The second-order valence-corrected chi connectivity index (χ2v) is 3.54. The lowest BCUT2D eigenvalue weighted by atomic mass is 10.3. The van der Waals surface area contributed by atoms with Gasteiger partial charge in [0.2, 0.25) is 0 Å². The number of pyridine rings is 1. The Morgan fingerprint density at radius 3 is 2.88 bits per heavy atom. The molecule has 0 bridgehead atoms. The molecule has 16 heavy (non-hydrogen) atoms. The molecule has 2 N–H and O–H groups in total. The maximum absolute atomic E-state index is 11.0. The third kappa shape index (κ3) is 1.50. The van der Waals surface area contributed by atoms with Gasteiger partial charge in [0.15, 0.2) is 11.6 Å². The Kier molecular flexibility index (Phi) is 2.52.